The molecule has 1 rings (SSSR count). The predicted molar refractivity (Wildman–Crippen MR) is 58.4 cm³/mol. The lowest BCUT2D eigenvalue weighted by Gasteiger charge is -2.01. The van der Waals surface area contributed by atoms with Gasteiger partial charge in [-0.3, -0.25) is 0 Å². The lowest BCUT2D eigenvalue weighted by molar-refractivity contribution is 0.476. The van der Waals surface area contributed by atoms with Gasteiger partial charge in [0.15, 0.2) is 5.75 Å². The Morgan fingerprint density at radius 3 is 3.00 bits per heavy atom. The monoisotopic (exact) mass is 222 g/mol. The SMILES string of the molecule is [N-]=[N+]=NCC#Cc1cc(Cl)cc(N)c1O. The van der Waals surface area contributed by atoms with Crippen molar-refractivity contribution in [3.05, 3.63) is 33.2 Å². The van der Waals surface area contributed by atoms with Crippen LogP contribution in [0, 0.1) is 11.8 Å². The van der Waals surface area contributed by atoms with E-state index in [9.17, 15) is 5.11 Å². The molecular weight excluding hydrogens is 216 g/mol. The van der Waals surface area contributed by atoms with Gasteiger partial charge >= 0.3 is 0 Å². The molecule has 0 aliphatic rings. The first-order valence-electron chi connectivity index (χ1n) is 3.93. The van der Waals surface area contributed by atoms with Crippen LogP contribution in [0.15, 0.2) is 17.2 Å². The van der Waals surface area contributed by atoms with E-state index in [1.54, 1.807) is 0 Å². The van der Waals surface area contributed by atoms with E-state index in [4.69, 9.17) is 22.9 Å². The molecule has 0 aromatic heterocycles. The van der Waals surface area contributed by atoms with Gasteiger partial charge < -0.3 is 10.8 Å². The Hall–Kier alpha value is -2.02. The van der Waals surface area contributed by atoms with Crippen molar-refractivity contribution in [3.8, 4) is 17.6 Å². The highest BCUT2D eigenvalue weighted by atomic mass is 35.5. The van der Waals surface area contributed by atoms with Crippen molar-refractivity contribution >= 4 is 17.3 Å². The average molecular weight is 223 g/mol. The number of anilines is 1. The van der Waals surface area contributed by atoms with Gasteiger partial charge in [-0.25, -0.2) is 0 Å². The number of benzene rings is 1. The Labute approximate surface area is 91.1 Å². The van der Waals surface area contributed by atoms with Crippen molar-refractivity contribution in [2.24, 2.45) is 5.11 Å². The average Bonchev–Trinajstić information content (AvgIpc) is 2.19. The van der Waals surface area contributed by atoms with Gasteiger partial charge in [-0.2, -0.15) is 0 Å². The molecule has 1 aromatic carbocycles. The largest absolute Gasteiger partial charge is 0.505 e. The molecule has 6 heteroatoms. The maximum absolute atomic E-state index is 9.49. The zero-order valence-electron chi connectivity index (χ0n) is 7.61. The Bertz CT molecular complexity index is 483. The molecule has 0 amide bonds. The fraction of sp³-hybridized carbons (Fsp3) is 0.111. The van der Waals surface area contributed by atoms with Crippen molar-refractivity contribution in [1.82, 2.24) is 0 Å². The Balaban J connectivity index is 3.02. The van der Waals surface area contributed by atoms with Crippen LogP contribution in [0.3, 0.4) is 0 Å². The summed E-state index contributed by atoms with van der Waals surface area (Å²) in [6.07, 6.45) is 0. The molecule has 0 atom stereocenters. The smallest absolute Gasteiger partial charge is 0.154 e. The van der Waals surface area contributed by atoms with E-state index in [0.717, 1.165) is 0 Å². The van der Waals surface area contributed by atoms with Gasteiger partial charge in [-0.05, 0) is 17.7 Å². The zero-order valence-corrected chi connectivity index (χ0v) is 8.36. The third-order valence-electron chi connectivity index (χ3n) is 1.54. The molecular formula is C9H7ClN4O. The number of nitrogens with two attached hydrogens (primary N) is 1. The number of hydrogen-bond acceptors (Lipinski definition) is 3. The topological polar surface area (TPSA) is 95.0 Å². The first kappa shape index (κ1) is 11.1. The fourth-order valence-electron chi connectivity index (χ4n) is 0.917. The molecule has 0 aliphatic carbocycles. The first-order chi connectivity index (χ1) is 7.15. The molecule has 0 spiro atoms. The summed E-state index contributed by atoms with van der Waals surface area (Å²) in [6, 6.07) is 2.91. The van der Waals surface area contributed by atoms with Crippen molar-refractivity contribution in [2.75, 3.05) is 12.3 Å². The van der Waals surface area contributed by atoms with Crippen LogP contribution < -0.4 is 5.73 Å². The lowest BCUT2D eigenvalue weighted by atomic mass is 10.2. The number of aromatic hydroxyl groups is 1. The van der Waals surface area contributed by atoms with Gasteiger partial charge in [0.25, 0.3) is 0 Å². The van der Waals surface area contributed by atoms with E-state index in [1.807, 2.05) is 0 Å². The predicted octanol–water partition coefficient (Wildman–Crippen LogP) is 2.29. The van der Waals surface area contributed by atoms with Gasteiger partial charge in [0.1, 0.15) is 0 Å². The standard InChI is InChI=1S/C9H7ClN4O/c10-7-4-6(2-1-3-13-14-12)9(15)8(11)5-7/h4-5,15H,3,11H2. The highest BCUT2D eigenvalue weighted by molar-refractivity contribution is 6.31. The summed E-state index contributed by atoms with van der Waals surface area (Å²) in [7, 11) is 0. The van der Waals surface area contributed by atoms with Crippen molar-refractivity contribution in [3.63, 3.8) is 0 Å². The van der Waals surface area contributed by atoms with E-state index < -0.39 is 0 Å². The molecule has 1 aromatic rings. The third kappa shape index (κ3) is 2.99. The summed E-state index contributed by atoms with van der Waals surface area (Å²) >= 11 is 5.72. The van der Waals surface area contributed by atoms with E-state index in [1.165, 1.54) is 12.1 Å². The maximum atomic E-state index is 9.49. The molecule has 0 saturated carbocycles. The second-order valence-electron chi connectivity index (χ2n) is 2.58. The second kappa shape index (κ2) is 5.01. The van der Waals surface area contributed by atoms with E-state index in [0.29, 0.717) is 10.6 Å². The van der Waals surface area contributed by atoms with Crippen LogP contribution in [0.4, 0.5) is 5.69 Å². The molecule has 15 heavy (non-hydrogen) atoms. The number of hydrogen-bond donors (Lipinski definition) is 2. The number of phenols is 1. The van der Waals surface area contributed by atoms with Crippen LogP contribution in [0.25, 0.3) is 10.4 Å². The third-order valence-corrected chi connectivity index (χ3v) is 1.76. The zero-order chi connectivity index (χ0) is 11.3. The fourth-order valence-corrected chi connectivity index (χ4v) is 1.14. The van der Waals surface area contributed by atoms with E-state index in [-0.39, 0.29) is 18.0 Å². The number of azide groups is 1. The molecule has 0 radical (unpaired) electrons. The number of nitrogens with zero attached hydrogens (tertiary/aromatic N) is 3. The number of rotatable bonds is 1. The number of nitrogen functional groups attached to an aromatic ring is 1. The number of phenolic OH excluding ortho intramolecular Hbond substituents is 1. The minimum atomic E-state index is -0.118. The van der Waals surface area contributed by atoms with Gasteiger partial charge in [-0.15, -0.1) is 0 Å². The molecule has 0 fully saturated rings. The van der Waals surface area contributed by atoms with E-state index in [2.05, 4.69) is 21.9 Å². The quantitative estimate of drug-likeness (QED) is 0.190. The second-order valence-corrected chi connectivity index (χ2v) is 3.02. The molecule has 76 valence electrons. The van der Waals surface area contributed by atoms with Crippen molar-refractivity contribution in [1.29, 1.82) is 0 Å². The Morgan fingerprint density at radius 1 is 1.60 bits per heavy atom. The van der Waals surface area contributed by atoms with Gasteiger partial charge in [0.2, 0.25) is 0 Å². The maximum Gasteiger partial charge on any atom is 0.154 e. The number of halogens is 1. The van der Waals surface area contributed by atoms with Gasteiger partial charge in [-0.1, -0.05) is 28.6 Å². The summed E-state index contributed by atoms with van der Waals surface area (Å²) in [5.74, 6) is 5.04. The summed E-state index contributed by atoms with van der Waals surface area (Å²) in [6.45, 7) is 0.0301. The molecule has 5 nitrogen and oxygen atoms in total. The van der Waals surface area contributed by atoms with Crippen LogP contribution >= 0.6 is 11.6 Å². The Morgan fingerprint density at radius 2 is 2.33 bits per heavy atom. The van der Waals surface area contributed by atoms with Gasteiger partial charge in [0, 0.05) is 9.93 Å². The van der Waals surface area contributed by atoms with Crippen LogP contribution in [0.2, 0.25) is 5.02 Å². The minimum Gasteiger partial charge on any atom is -0.505 e. The first-order valence-corrected chi connectivity index (χ1v) is 4.30. The van der Waals surface area contributed by atoms with Crippen molar-refractivity contribution < 1.29 is 5.11 Å². The summed E-state index contributed by atoms with van der Waals surface area (Å²) in [5, 5.41) is 13.1. The Kier molecular flexibility index (Phi) is 3.69. The normalized spacial score (nSPS) is 8.60. The molecule has 0 bridgehead atoms. The van der Waals surface area contributed by atoms with E-state index >= 15 is 0 Å². The van der Waals surface area contributed by atoms with Gasteiger partial charge in [0.05, 0.1) is 17.8 Å². The molecule has 3 N–H and O–H groups in total. The summed E-state index contributed by atoms with van der Waals surface area (Å²) in [4.78, 5) is 2.53. The van der Waals surface area contributed by atoms with Crippen molar-refractivity contribution in [2.45, 2.75) is 0 Å². The highest BCUT2D eigenvalue weighted by Gasteiger charge is 2.03. The van der Waals surface area contributed by atoms with Crippen LogP contribution in [-0.2, 0) is 0 Å². The summed E-state index contributed by atoms with van der Waals surface area (Å²) < 4.78 is 0. The summed E-state index contributed by atoms with van der Waals surface area (Å²) in [5.41, 5.74) is 13.9. The molecule has 0 saturated heterocycles. The molecule has 0 aliphatic heterocycles. The lowest BCUT2D eigenvalue weighted by Crippen LogP contribution is -1.88. The molecule has 0 unspecified atom stereocenters. The molecule has 0 heterocycles. The minimum absolute atomic E-state index is 0.0301. The van der Waals surface area contributed by atoms with Crippen LogP contribution in [0.5, 0.6) is 5.75 Å². The highest BCUT2D eigenvalue weighted by Crippen LogP contribution is 2.28. The van der Waals surface area contributed by atoms with Crippen LogP contribution in [0.1, 0.15) is 5.56 Å². The van der Waals surface area contributed by atoms with Crippen LogP contribution in [-0.4, -0.2) is 11.7 Å².